The molecule has 5 heteroatoms. The van der Waals surface area contributed by atoms with E-state index in [0.29, 0.717) is 10.1 Å². The van der Waals surface area contributed by atoms with Crippen LogP contribution in [0.3, 0.4) is 0 Å². The fourth-order valence-corrected chi connectivity index (χ4v) is 3.47. The molecule has 0 aliphatic rings. The van der Waals surface area contributed by atoms with Gasteiger partial charge in [0, 0.05) is 16.5 Å². The molecule has 22 heavy (non-hydrogen) atoms. The van der Waals surface area contributed by atoms with Gasteiger partial charge in [-0.05, 0) is 47.7 Å². The van der Waals surface area contributed by atoms with E-state index in [9.17, 15) is 9.18 Å². The minimum Gasteiger partial charge on any atom is -0.497 e. The molecule has 2 N–H and O–H groups in total. The van der Waals surface area contributed by atoms with Crippen LogP contribution in [0.15, 0.2) is 35.7 Å². The maximum atomic E-state index is 14.1. The number of primary amides is 1. The Labute approximate surface area is 131 Å². The minimum atomic E-state index is -0.635. The molecule has 0 aliphatic heterocycles. The fraction of sp³-hybridized carbons (Fsp3) is 0.118. The van der Waals surface area contributed by atoms with Gasteiger partial charge in [0.05, 0.1) is 11.8 Å². The maximum Gasteiger partial charge on any atom is 0.248 e. The van der Waals surface area contributed by atoms with Crippen LogP contribution in [-0.2, 0) is 0 Å². The van der Waals surface area contributed by atoms with Gasteiger partial charge >= 0.3 is 0 Å². The van der Waals surface area contributed by atoms with Crippen LogP contribution < -0.4 is 10.5 Å². The lowest BCUT2D eigenvalue weighted by atomic mass is 9.98. The molecule has 0 bridgehead atoms. The number of fused-ring (bicyclic) bond motifs is 1. The van der Waals surface area contributed by atoms with Crippen molar-refractivity contribution >= 4 is 27.3 Å². The molecule has 0 unspecified atom stereocenters. The summed E-state index contributed by atoms with van der Waals surface area (Å²) in [6.07, 6.45) is 0. The van der Waals surface area contributed by atoms with Crippen LogP contribution >= 0.6 is 11.3 Å². The van der Waals surface area contributed by atoms with E-state index in [-0.39, 0.29) is 5.56 Å². The van der Waals surface area contributed by atoms with Crippen LogP contribution in [0.2, 0.25) is 0 Å². The first-order valence-corrected chi connectivity index (χ1v) is 7.55. The summed E-state index contributed by atoms with van der Waals surface area (Å²) in [4.78, 5) is 11.4. The van der Waals surface area contributed by atoms with Gasteiger partial charge in [0.15, 0.2) is 0 Å². The third kappa shape index (κ3) is 2.33. The molecule has 3 aromatic rings. The lowest BCUT2D eigenvalue weighted by Gasteiger charge is -2.08. The second-order valence-corrected chi connectivity index (χ2v) is 5.91. The van der Waals surface area contributed by atoms with Gasteiger partial charge in [-0.15, -0.1) is 11.3 Å². The summed E-state index contributed by atoms with van der Waals surface area (Å²) >= 11 is 1.32. The summed E-state index contributed by atoms with van der Waals surface area (Å²) in [5.41, 5.74) is 8.35. The molecule has 1 amide bonds. The van der Waals surface area contributed by atoms with Crippen LogP contribution in [0, 0.1) is 12.7 Å². The van der Waals surface area contributed by atoms with Crippen LogP contribution in [0.1, 0.15) is 15.9 Å². The highest BCUT2D eigenvalue weighted by atomic mass is 32.1. The first kappa shape index (κ1) is 14.5. The molecule has 0 spiro atoms. The number of benzene rings is 2. The van der Waals surface area contributed by atoms with E-state index < -0.39 is 11.7 Å². The highest BCUT2D eigenvalue weighted by molar-refractivity contribution is 7.17. The zero-order valence-electron chi connectivity index (χ0n) is 12.1. The Morgan fingerprint density at radius 3 is 2.64 bits per heavy atom. The van der Waals surface area contributed by atoms with E-state index in [0.717, 1.165) is 22.4 Å². The van der Waals surface area contributed by atoms with Crippen LogP contribution in [0.5, 0.6) is 5.75 Å². The first-order valence-electron chi connectivity index (χ1n) is 6.67. The van der Waals surface area contributed by atoms with Crippen molar-refractivity contribution in [3.8, 4) is 16.9 Å². The van der Waals surface area contributed by atoms with Crippen molar-refractivity contribution in [2.24, 2.45) is 5.73 Å². The number of carbonyl (C=O) groups excluding carboxylic acids is 1. The van der Waals surface area contributed by atoms with Gasteiger partial charge in [-0.1, -0.05) is 6.07 Å². The van der Waals surface area contributed by atoms with Crippen LogP contribution in [-0.4, -0.2) is 13.0 Å². The Hall–Kier alpha value is -2.40. The normalized spacial score (nSPS) is 10.9. The Morgan fingerprint density at radius 2 is 2.00 bits per heavy atom. The number of ether oxygens (including phenoxy) is 1. The van der Waals surface area contributed by atoms with E-state index in [1.165, 1.54) is 17.4 Å². The number of methoxy groups -OCH3 is 1. The molecule has 0 fully saturated rings. The van der Waals surface area contributed by atoms with Crippen molar-refractivity contribution in [2.75, 3.05) is 7.11 Å². The lowest BCUT2D eigenvalue weighted by Crippen LogP contribution is -2.10. The lowest BCUT2D eigenvalue weighted by molar-refractivity contribution is 0.1000. The standard InChI is InChI=1S/C17H14FNO2S/c1-9-5-11(21-2)3-4-12(9)14-8-22-16-13(14)6-10(17(19)20)7-15(16)18/h3-8H,1-2H3,(H2,19,20). The van der Waals surface area contributed by atoms with Gasteiger partial charge in [0.25, 0.3) is 0 Å². The highest BCUT2D eigenvalue weighted by Crippen LogP contribution is 2.38. The summed E-state index contributed by atoms with van der Waals surface area (Å²) in [6.45, 7) is 1.97. The van der Waals surface area contributed by atoms with Gasteiger partial charge in [-0.3, -0.25) is 4.79 Å². The zero-order valence-corrected chi connectivity index (χ0v) is 13.0. The van der Waals surface area contributed by atoms with Gasteiger partial charge in [-0.2, -0.15) is 0 Å². The van der Waals surface area contributed by atoms with Gasteiger partial charge in [-0.25, -0.2) is 4.39 Å². The Morgan fingerprint density at radius 1 is 1.23 bits per heavy atom. The predicted molar refractivity (Wildman–Crippen MR) is 87.0 cm³/mol. The summed E-state index contributed by atoms with van der Waals surface area (Å²) in [5, 5.41) is 2.60. The van der Waals surface area contributed by atoms with Crippen molar-refractivity contribution in [2.45, 2.75) is 6.92 Å². The van der Waals surface area contributed by atoms with Crippen LogP contribution in [0.25, 0.3) is 21.2 Å². The molecule has 0 radical (unpaired) electrons. The van der Waals surface area contributed by atoms with E-state index in [2.05, 4.69) is 0 Å². The number of nitrogens with two attached hydrogens (primary N) is 1. The summed E-state index contributed by atoms with van der Waals surface area (Å²) in [5.74, 6) is -0.289. The number of aryl methyl sites for hydroxylation is 1. The number of hydrogen-bond acceptors (Lipinski definition) is 3. The maximum absolute atomic E-state index is 14.1. The predicted octanol–water partition coefficient (Wildman–Crippen LogP) is 4.12. The third-order valence-corrected chi connectivity index (χ3v) is 4.64. The molecule has 0 aliphatic carbocycles. The monoisotopic (exact) mass is 315 g/mol. The van der Waals surface area contributed by atoms with Gasteiger partial charge in [0.2, 0.25) is 5.91 Å². The fourth-order valence-electron chi connectivity index (χ4n) is 2.51. The van der Waals surface area contributed by atoms with E-state index in [1.54, 1.807) is 13.2 Å². The number of carbonyl (C=O) groups is 1. The van der Waals surface area contributed by atoms with E-state index in [4.69, 9.17) is 10.5 Å². The number of thiophene rings is 1. The second kappa shape index (κ2) is 5.42. The molecule has 3 nitrogen and oxygen atoms in total. The van der Waals surface area contributed by atoms with Crippen molar-refractivity contribution < 1.29 is 13.9 Å². The third-order valence-electron chi connectivity index (χ3n) is 3.64. The Bertz CT molecular complexity index is 886. The number of amides is 1. The topological polar surface area (TPSA) is 52.3 Å². The smallest absolute Gasteiger partial charge is 0.248 e. The molecule has 1 heterocycles. The first-order chi connectivity index (χ1) is 10.5. The highest BCUT2D eigenvalue weighted by Gasteiger charge is 2.15. The van der Waals surface area contributed by atoms with Crippen molar-refractivity contribution in [3.05, 3.63) is 52.7 Å². The molecule has 0 saturated carbocycles. The number of hydrogen-bond donors (Lipinski definition) is 1. The largest absolute Gasteiger partial charge is 0.497 e. The zero-order chi connectivity index (χ0) is 15.9. The second-order valence-electron chi connectivity index (χ2n) is 5.03. The van der Waals surface area contributed by atoms with E-state index in [1.807, 2.05) is 30.5 Å². The number of rotatable bonds is 3. The SMILES string of the molecule is COc1ccc(-c2csc3c(F)cc(C(N)=O)cc23)c(C)c1. The van der Waals surface area contributed by atoms with Crippen molar-refractivity contribution in [1.29, 1.82) is 0 Å². The molecule has 112 valence electrons. The Kier molecular flexibility index (Phi) is 3.58. The summed E-state index contributed by atoms with van der Waals surface area (Å²) in [7, 11) is 1.61. The van der Waals surface area contributed by atoms with Gasteiger partial charge in [0.1, 0.15) is 11.6 Å². The average molecular weight is 315 g/mol. The van der Waals surface area contributed by atoms with Crippen molar-refractivity contribution in [3.63, 3.8) is 0 Å². The Balaban J connectivity index is 2.25. The minimum absolute atomic E-state index is 0.177. The quantitative estimate of drug-likeness (QED) is 0.790. The summed E-state index contributed by atoms with van der Waals surface area (Å²) < 4.78 is 19.9. The molecule has 3 rings (SSSR count). The van der Waals surface area contributed by atoms with E-state index >= 15 is 0 Å². The molecular formula is C17H14FNO2S. The average Bonchev–Trinajstić information content (AvgIpc) is 2.91. The molecule has 0 saturated heterocycles. The molecule has 1 aromatic heterocycles. The number of halogens is 1. The van der Waals surface area contributed by atoms with Crippen LogP contribution in [0.4, 0.5) is 4.39 Å². The molecular weight excluding hydrogens is 301 g/mol. The molecule has 0 atom stereocenters. The van der Waals surface area contributed by atoms with Gasteiger partial charge < -0.3 is 10.5 Å². The molecule has 2 aromatic carbocycles. The summed E-state index contributed by atoms with van der Waals surface area (Å²) in [6, 6.07) is 8.56. The van der Waals surface area contributed by atoms with Crippen molar-refractivity contribution in [1.82, 2.24) is 0 Å².